The Hall–Kier alpha value is -1.80. The van der Waals surface area contributed by atoms with Crippen molar-refractivity contribution in [1.29, 1.82) is 0 Å². The number of esters is 1. The highest BCUT2D eigenvalue weighted by atomic mass is 79.9. The van der Waals surface area contributed by atoms with Crippen molar-refractivity contribution in [1.82, 2.24) is 5.32 Å². The summed E-state index contributed by atoms with van der Waals surface area (Å²) in [6, 6.07) is 1.82. The third kappa shape index (κ3) is 4.08. The van der Waals surface area contributed by atoms with Crippen molar-refractivity contribution in [2.24, 2.45) is 0 Å². The van der Waals surface area contributed by atoms with Gasteiger partial charge in [-0.15, -0.1) is 0 Å². The number of rotatable bonds is 6. The summed E-state index contributed by atoms with van der Waals surface area (Å²) in [5.41, 5.74) is 0.217. The van der Waals surface area contributed by atoms with Gasteiger partial charge in [-0.05, 0) is 28.1 Å². The molecular weight excluding hydrogens is 346 g/mol. The van der Waals surface area contributed by atoms with Gasteiger partial charge in [-0.2, -0.15) is 0 Å². The lowest BCUT2D eigenvalue weighted by molar-refractivity contribution is -0.143. The van der Waals surface area contributed by atoms with Gasteiger partial charge >= 0.3 is 5.97 Å². The van der Waals surface area contributed by atoms with Gasteiger partial charge in [-0.1, -0.05) is 0 Å². The van der Waals surface area contributed by atoms with Gasteiger partial charge in [0.25, 0.3) is 5.91 Å². The van der Waals surface area contributed by atoms with Gasteiger partial charge in [-0.3, -0.25) is 4.79 Å². The summed E-state index contributed by atoms with van der Waals surface area (Å²) < 4.78 is 15.3. The van der Waals surface area contributed by atoms with E-state index in [-0.39, 0.29) is 5.56 Å². The first kappa shape index (κ1) is 17.3. The molecule has 7 nitrogen and oxygen atoms in total. The molecule has 0 aliphatic carbocycles. The minimum Gasteiger partial charge on any atom is -0.495 e. The number of nitrogens with one attached hydrogen (secondary N) is 1. The van der Waals surface area contributed by atoms with Crippen molar-refractivity contribution in [3.05, 3.63) is 22.2 Å². The number of amides is 1. The average molecular weight is 362 g/mol. The van der Waals surface area contributed by atoms with Crippen LogP contribution in [-0.2, 0) is 9.53 Å². The smallest absolute Gasteiger partial charge is 0.330 e. The lowest BCUT2D eigenvalue weighted by Crippen LogP contribution is -2.44. The van der Waals surface area contributed by atoms with Crippen LogP contribution in [0.25, 0.3) is 0 Å². The molecule has 0 bridgehead atoms. The molecule has 0 heterocycles. The number of hydrogen-bond donors (Lipinski definition) is 2. The molecule has 1 aromatic carbocycles. The van der Waals surface area contributed by atoms with Crippen LogP contribution in [0.1, 0.15) is 10.4 Å². The van der Waals surface area contributed by atoms with E-state index < -0.39 is 24.5 Å². The van der Waals surface area contributed by atoms with Crippen LogP contribution >= 0.6 is 15.9 Å². The molecule has 0 aromatic heterocycles. The summed E-state index contributed by atoms with van der Waals surface area (Å²) in [5.74, 6) is -0.498. The Balaban J connectivity index is 3.04. The molecular formula is C13H16BrNO6. The Labute approximate surface area is 130 Å². The molecule has 0 aliphatic heterocycles. The number of methoxy groups -OCH3 is 3. The van der Waals surface area contributed by atoms with E-state index in [0.717, 1.165) is 0 Å². The first-order valence-corrected chi connectivity index (χ1v) is 6.68. The van der Waals surface area contributed by atoms with Crippen LogP contribution in [-0.4, -0.2) is 51.0 Å². The largest absolute Gasteiger partial charge is 0.495 e. The topological polar surface area (TPSA) is 94.1 Å². The fraction of sp³-hybridized carbons (Fsp3) is 0.385. The van der Waals surface area contributed by atoms with E-state index in [2.05, 4.69) is 26.0 Å². The van der Waals surface area contributed by atoms with Gasteiger partial charge in [0, 0.05) is 5.56 Å². The third-order valence-corrected chi connectivity index (χ3v) is 3.46. The second-order valence-electron chi connectivity index (χ2n) is 3.93. The average Bonchev–Trinajstić information content (AvgIpc) is 2.51. The van der Waals surface area contributed by atoms with Crippen LogP contribution < -0.4 is 14.8 Å². The van der Waals surface area contributed by atoms with E-state index >= 15 is 0 Å². The van der Waals surface area contributed by atoms with Crippen LogP contribution in [0.4, 0.5) is 0 Å². The van der Waals surface area contributed by atoms with Crippen LogP contribution in [0.15, 0.2) is 16.6 Å². The Morgan fingerprint density at radius 3 is 2.14 bits per heavy atom. The number of aliphatic hydroxyl groups excluding tert-OH is 1. The van der Waals surface area contributed by atoms with E-state index in [9.17, 15) is 9.59 Å². The molecule has 1 amide bonds. The quantitative estimate of drug-likeness (QED) is 0.725. The van der Waals surface area contributed by atoms with Crippen molar-refractivity contribution in [2.75, 3.05) is 27.9 Å². The molecule has 1 rings (SSSR count). The number of halogens is 1. The zero-order valence-corrected chi connectivity index (χ0v) is 13.4. The monoisotopic (exact) mass is 361 g/mol. The van der Waals surface area contributed by atoms with Crippen LogP contribution in [0, 0.1) is 0 Å². The zero-order valence-electron chi connectivity index (χ0n) is 11.8. The maximum absolute atomic E-state index is 12.1. The molecule has 1 aromatic rings. The third-order valence-electron chi connectivity index (χ3n) is 2.68. The molecule has 0 saturated carbocycles. The fourth-order valence-corrected chi connectivity index (χ4v) is 2.12. The van der Waals surface area contributed by atoms with Crippen molar-refractivity contribution in [3.63, 3.8) is 0 Å². The highest BCUT2D eigenvalue weighted by molar-refractivity contribution is 9.10. The van der Waals surface area contributed by atoms with Crippen molar-refractivity contribution >= 4 is 27.8 Å². The Morgan fingerprint density at radius 1 is 1.24 bits per heavy atom. The van der Waals surface area contributed by atoms with Gasteiger partial charge in [0.05, 0.1) is 27.9 Å². The molecule has 0 fully saturated rings. The first-order chi connectivity index (χ1) is 9.98. The number of carbonyl (C=O) groups excluding carboxylic acids is 2. The summed E-state index contributed by atoms with van der Waals surface area (Å²) in [7, 11) is 4.07. The number of benzene rings is 1. The SMILES string of the molecule is COC(=O)[C@@H](CO)NC(=O)c1cc(OC)c(Br)c(OC)c1. The van der Waals surface area contributed by atoms with Gasteiger partial charge in [0.15, 0.2) is 6.04 Å². The van der Waals surface area contributed by atoms with E-state index in [4.69, 9.17) is 14.6 Å². The summed E-state index contributed by atoms with van der Waals surface area (Å²) in [4.78, 5) is 23.5. The Kier molecular flexibility index (Phi) is 6.44. The summed E-state index contributed by atoms with van der Waals surface area (Å²) in [6.45, 7) is -0.566. The first-order valence-electron chi connectivity index (χ1n) is 5.89. The Morgan fingerprint density at radius 2 is 1.76 bits per heavy atom. The zero-order chi connectivity index (χ0) is 16.0. The molecule has 0 spiro atoms. The molecule has 116 valence electrons. The van der Waals surface area contributed by atoms with Crippen LogP contribution in [0.5, 0.6) is 11.5 Å². The molecule has 1 atom stereocenters. The predicted molar refractivity (Wildman–Crippen MR) is 77.6 cm³/mol. The normalized spacial score (nSPS) is 11.5. The summed E-state index contributed by atoms with van der Waals surface area (Å²) >= 11 is 3.29. The fourth-order valence-electron chi connectivity index (χ4n) is 1.56. The maximum Gasteiger partial charge on any atom is 0.330 e. The van der Waals surface area contributed by atoms with E-state index in [0.29, 0.717) is 16.0 Å². The standard InChI is InChI=1S/C13H16BrNO6/c1-19-9-4-7(5-10(20-2)11(9)14)12(17)15-8(6-16)13(18)21-3/h4-5,8,16H,6H2,1-3H3,(H,15,17)/t8-/m1/s1. The van der Waals surface area contributed by atoms with Crippen LogP contribution in [0.2, 0.25) is 0 Å². The van der Waals surface area contributed by atoms with E-state index in [1.807, 2.05) is 0 Å². The second-order valence-corrected chi connectivity index (χ2v) is 4.72. The lowest BCUT2D eigenvalue weighted by Gasteiger charge is -2.15. The number of ether oxygens (including phenoxy) is 3. The van der Waals surface area contributed by atoms with Crippen molar-refractivity contribution in [2.45, 2.75) is 6.04 Å². The minimum atomic E-state index is -1.14. The molecule has 21 heavy (non-hydrogen) atoms. The summed E-state index contributed by atoms with van der Waals surface area (Å²) in [6.07, 6.45) is 0. The van der Waals surface area contributed by atoms with E-state index in [1.54, 1.807) is 0 Å². The minimum absolute atomic E-state index is 0.217. The molecule has 0 unspecified atom stereocenters. The molecule has 2 N–H and O–H groups in total. The predicted octanol–water partition coefficient (Wildman–Crippen LogP) is 0.730. The second kappa shape index (κ2) is 7.84. The van der Waals surface area contributed by atoms with Crippen molar-refractivity contribution in [3.8, 4) is 11.5 Å². The number of aliphatic hydroxyl groups is 1. The van der Waals surface area contributed by atoms with E-state index in [1.165, 1.54) is 33.5 Å². The number of hydrogen-bond acceptors (Lipinski definition) is 6. The maximum atomic E-state index is 12.1. The molecule has 0 aliphatic rings. The number of carbonyl (C=O) groups is 2. The molecule has 8 heteroatoms. The van der Waals surface area contributed by atoms with Gasteiger partial charge in [-0.25, -0.2) is 4.79 Å². The van der Waals surface area contributed by atoms with Crippen molar-refractivity contribution < 1.29 is 28.9 Å². The van der Waals surface area contributed by atoms with Gasteiger partial charge < -0.3 is 24.6 Å². The molecule has 0 saturated heterocycles. The van der Waals surface area contributed by atoms with Gasteiger partial charge in [0.1, 0.15) is 16.0 Å². The highest BCUT2D eigenvalue weighted by Gasteiger charge is 2.22. The van der Waals surface area contributed by atoms with Crippen LogP contribution in [0.3, 0.4) is 0 Å². The lowest BCUT2D eigenvalue weighted by atomic mass is 10.1. The summed E-state index contributed by atoms with van der Waals surface area (Å²) in [5, 5.41) is 11.5. The van der Waals surface area contributed by atoms with Gasteiger partial charge in [0.2, 0.25) is 0 Å². The molecule has 0 radical (unpaired) electrons. The Bertz CT molecular complexity index is 508. The highest BCUT2D eigenvalue weighted by Crippen LogP contribution is 2.35.